The minimum atomic E-state index is 0.441. The van der Waals surface area contributed by atoms with Gasteiger partial charge in [0.15, 0.2) is 5.16 Å². The average Bonchev–Trinajstić information content (AvgIpc) is 3.36. The highest BCUT2D eigenvalue weighted by Gasteiger charge is 2.14. The Balaban J connectivity index is 1.55. The topological polar surface area (TPSA) is 80.5 Å². The van der Waals surface area contributed by atoms with Crippen LogP contribution in [0, 0.1) is 11.3 Å². The number of hydrogen-bond acceptors (Lipinski definition) is 7. The van der Waals surface area contributed by atoms with E-state index < -0.39 is 0 Å². The van der Waals surface area contributed by atoms with E-state index in [0.717, 1.165) is 21.1 Å². The van der Waals surface area contributed by atoms with E-state index in [-0.39, 0.29) is 0 Å². The molecule has 0 fully saturated rings. The average molecular weight is 367 g/mol. The summed E-state index contributed by atoms with van der Waals surface area (Å²) >= 11 is 3.10. The van der Waals surface area contributed by atoms with Gasteiger partial charge in [0.25, 0.3) is 5.89 Å². The molecule has 6 nitrogen and oxygen atoms in total. The first-order chi connectivity index (χ1) is 12.3. The number of nitrogens with zero attached hydrogens (tertiary/aromatic N) is 5. The maximum absolute atomic E-state index is 8.91. The third-order valence-corrected chi connectivity index (χ3v) is 5.41. The molecule has 0 saturated carbocycles. The van der Waals surface area contributed by atoms with Crippen LogP contribution in [-0.2, 0) is 12.3 Å². The molecule has 0 saturated heterocycles. The summed E-state index contributed by atoms with van der Waals surface area (Å²) in [5.41, 5.74) is 1.96. The van der Waals surface area contributed by atoms with Crippen LogP contribution in [0.1, 0.15) is 12.3 Å². The quantitative estimate of drug-likeness (QED) is 0.471. The van der Waals surface area contributed by atoms with Crippen molar-refractivity contribution in [2.75, 3.05) is 0 Å². The first-order valence-corrected chi connectivity index (χ1v) is 9.53. The van der Waals surface area contributed by atoms with Gasteiger partial charge in [0.2, 0.25) is 5.89 Å². The molecule has 0 aliphatic rings. The molecule has 0 unspecified atom stereocenters. The zero-order chi connectivity index (χ0) is 17.1. The van der Waals surface area contributed by atoms with E-state index in [1.54, 1.807) is 11.3 Å². The Kier molecular flexibility index (Phi) is 4.50. The van der Waals surface area contributed by atoms with Crippen molar-refractivity contribution in [2.24, 2.45) is 0 Å². The Bertz CT molecular complexity index is 1030. The Morgan fingerprint density at radius 3 is 2.96 bits per heavy atom. The van der Waals surface area contributed by atoms with Crippen molar-refractivity contribution in [1.82, 2.24) is 19.7 Å². The van der Waals surface area contributed by atoms with E-state index in [9.17, 15) is 0 Å². The van der Waals surface area contributed by atoms with Crippen molar-refractivity contribution in [3.63, 3.8) is 0 Å². The highest BCUT2D eigenvalue weighted by molar-refractivity contribution is 7.98. The van der Waals surface area contributed by atoms with Crippen LogP contribution in [-0.4, -0.2) is 19.7 Å². The molecule has 0 aliphatic carbocycles. The smallest absolute Gasteiger partial charge is 0.257 e. The van der Waals surface area contributed by atoms with Gasteiger partial charge in [-0.15, -0.1) is 21.5 Å². The Morgan fingerprint density at radius 1 is 1.20 bits per heavy atom. The molecule has 3 heterocycles. The molecule has 124 valence electrons. The number of hydrogen-bond donors (Lipinski definition) is 0. The van der Waals surface area contributed by atoms with Crippen LogP contribution in [0.4, 0.5) is 0 Å². The number of thiophene rings is 1. The Hall–Kier alpha value is -2.63. The number of aryl methyl sites for hydroxylation is 1. The van der Waals surface area contributed by atoms with Gasteiger partial charge in [0.1, 0.15) is 0 Å². The number of para-hydroxylation sites is 2. The van der Waals surface area contributed by atoms with Gasteiger partial charge in [0, 0.05) is 6.54 Å². The lowest BCUT2D eigenvalue weighted by Gasteiger charge is -2.05. The highest BCUT2D eigenvalue weighted by atomic mass is 32.2. The summed E-state index contributed by atoms with van der Waals surface area (Å²) in [6, 6.07) is 14.0. The molecule has 0 spiro atoms. The second-order valence-corrected chi connectivity index (χ2v) is 7.10. The van der Waals surface area contributed by atoms with Gasteiger partial charge in [-0.2, -0.15) is 5.26 Å². The fourth-order valence-electron chi connectivity index (χ4n) is 2.48. The van der Waals surface area contributed by atoms with Gasteiger partial charge in [0.05, 0.1) is 34.2 Å². The molecule has 0 bridgehead atoms. The van der Waals surface area contributed by atoms with Crippen LogP contribution in [0.15, 0.2) is 51.4 Å². The van der Waals surface area contributed by atoms with Gasteiger partial charge in [-0.3, -0.25) is 0 Å². The number of rotatable bonds is 6. The number of aromatic nitrogens is 4. The summed E-state index contributed by atoms with van der Waals surface area (Å²) in [6.45, 7) is 0.615. The molecular formula is C17H13N5OS2. The summed E-state index contributed by atoms with van der Waals surface area (Å²) in [5.74, 6) is 1.64. The fourth-order valence-corrected chi connectivity index (χ4v) is 4.00. The van der Waals surface area contributed by atoms with Crippen LogP contribution in [0.3, 0.4) is 0 Å². The molecular weight excluding hydrogens is 354 g/mol. The van der Waals surface area contributed by atoms with Gasteiger partial charge >= 0.3 is 0 Å². The third-order valence-electron chi connectivity index (χ3n) is 3.59. The first-order valence-electron chi connectivity index (χ1n) is 7.66. The maximum atomic E-state index is 8.91. The molecule has 25 heavy (non-hydrogen) atoms. The van der Waals surface area contributed by atoms with Gasteiger partial charge in [-0.1, -0.05) is 30.0 Å². The minimum Gasteiger partial charge on any atom is -0.419 e. The zero-order valence-corrected chi connectivity index (χ0v) is 14.8. The number of fused-ring (bicyclic) bond motifs is 1. The van der Waals surface area contributed by atoms with Crippen molar-refractivity contribution in [1.29, 1.82) is 5.26 Å². The zero-order valence-electron chi connectivity index (χ0n) is 13.1. The van der Waals surface area contributed by atoms with E-state index in [1.165, 1.54) is 11.8 Å². The fraction of sp³-hybridized carbons (Fsp3) is 0.176. The summed E-state index contributed by atoms with van der Waals surface area (Å²) in [4.78, 5) is 5.63. The lowest BCUT2D eigenvalue weighted by atomic mass is 10.3. The molecule has 8 heteroatoms. The summed E-state index contributed by atoms with van der Waals surface area (Å²) < 4.78 is 7.79. The van der Waals surface area contributed by atoms with Gasteiger partial charge in [-0.25, -0.2) is 4.98 Å². The molecule has 1 aromatic carbocycles. The summed E-state index contributed by atoms with van der Waals surface area (Å²) in [5, 5.41) is 19.9. The van der Waals surface area contributed by atoms with Crippen molar-refractivity contribution in [3.8, 4) is 16.8 Å². The van der Waals surface area contributed by atoms with Crippen molar-refractivity contribution < 1.29 is 4.42 Å². The van der Waals surface area contributed by atoms with E-state index in [2.05, 4.69) is 25.8 Å². The second kappa shape index (κ2) is 7.09. The van der Waals surface area contributed by atoms with Gasteiger partial charge in [-0.05, 0) is 23.6 Å². The highest BCUT2D eigenvalue weighted by Crippen LogP contribution is 2.28. The standard InChI is InChI=1S/C17H13N5OS2/c18-8-4-9-22-13-6-2-1-5-12(13)19-17(22)25-11-15-20-21-16(23-15)14-7-3-10-24-14/h1-3,5-7,10H,4,9,11H2. The monoisotopic (exact) mass is 367 g/mol. The molecule has 0 radical (unpaired) electrons. The third kappa shape index (κ3) is 3.29. The van der Waals surface area contributed by atoms with Crippen LogP contribution >= 0.6 is 23.1 Å². The van der Waals surface area contributed by atoms with Gasteiger partial charge < -0.3 is 8.98 Å². The molecule has 0 N–H and O–H groups in total. The summed E-state index contributed by atoms with van der Waals surface area (Å²) in [7, 11) is 0. The predicted molar refractivity (Wildman–Crippen MR) is 97.1 cm³/mol. The SMILES string of the molecule is N#CCCn1c(SCc2nnc(-c3cccs3)o2)nc2ccccc21. The largest absolute Gasteiger partial charge is 0.419 e. The van der Waals surface area contributed by atoms with E-state index in [0.29, 0.717) is 30.5 Å². The lowest BCUT2D eigenvalue weighted by molar-refractivity contribution is 0.529. The Labute approximate surface area is 152 Å². The van der Waals surface area contributed by atoms with Crippen molar-refractivity contribution in [2.45, 2.75) is 23.9 Å². The maximum Gasteiger partial charge on any atom is 0.257 e. The van der Waals surface area contributed by atoms with Crippen LogP contribution < -0.4 is 0 Å². The Morgan fingerprint density at radius 2 is 2.12 bits per heavy atom. The minimum absolute atomic E-state index is 0.441. The molecule has 0 amide bonds. The number of benzene rings is 1. The van der Waals surface area contributed by atoms with E-state index >= 15 is 0 Å². The summed E-state index contributed by atoms with van der Waals surface area (Å²) in [6.07, 6.45) is 0.441. The van der Waals surface area contributed by atoms with E-state index in [1.807, 2.05) is 41.8 Å². The molecule has 3 aromatic heterocycles. The normalized spacial score (nSPS) is 11.0. The van der Waals surface area contributed by atoms with Crippen molar-refractivity contribution >= 4 is 34.1 Å². The lowest BCUT2D eigenvalue weighted by Crippen LogP contribution is -1.99. The molecule has 4 aromatic rings. The second-order valence-electron chi connectivity index (χ2n) is 5.21. The first kappa shape index (κ1) is 15.9. The number of thioether (sulfide) groups is 1. The van der Waals surface area contributed by atoms with Crippen LogP contribution in [0.25, 0.3) is 21.8 Å². The molecule has 0 atom stereocenters. The number of nitriles is 1. The molecule has 4 rings (SSSR count). The van der Waals surface area contributed by atoms with Crippen LogP contribution in [0.5, 0.6) is 0 Å². The van der Waals surface area contributed by atoms with E-state index in [4.69, 9.17) is 9.68 Å². The predicted octanol–water partition coefficient (Wildman–Crippen LogP) is 4.35. The molecule has 0 aliphatic heterocycles. The van der Waals surface area contributed by atoms with Crippen molar-refractivity contribution in [3.05, 3.63) is 47.7 Å². The number of imidazole rings is 1. The van der Waals surface area contributed by atoms with Crippen LogP contribution in [0.2, 0.25) is 0 Å².